The second-order valence-electron chi connectivity index (χ2n) is 37.1. The van der Waals surface area contributed by atoms with E-state index in [1.54, 1.807) is 12.5 Å². The number of furan rings is 3. The maximum absolute atomic E-state index is 10.2. The number of hydrogen-bond acceptors (Lipinski definition) is 11. The van der Waals surface area contributed by atoms with E-state index in [1.165, 1.54) is 50.1 Å². The first-order valence-corrected chi connectivity index (χ1v) is 48.9. The molecule has 3 aliphatic carbocycles. The Balaban J connectivity index is 0.000000112. The van der Waals surface area contributed by atoms with Gasteiger partial charge in [-0.2, -0.15) is 15.8 Å². The van der Waals surface area contributed by atoms with Crippen LogP contribution in [0.5, 0.6) is 0 Å². The van der Waals surface area contributed by atoms with Gasteiger partial charge in [0.05, 0.1) is 67.3 Å². The molecular weight excluding hydrogens is 1790 g/mol. The molecule has 13 nitrogen and oxygen atoms in total. The van der Waals surface area contributed by atoms with Crippen molar-refractivity contribution in [3.8, 4) is 131 Å². The first-order valence-electron chi connectivity index (χ1n) is 48.9. The van der Waals surface area contributed by atoms with Gasteiger partial charge in [0.15, 0.2) is 17.5 Å². The molecule has 0 radical (unpaired) electrons. The predicted molar refractivity (Wildman–Crippen MR) is 579 cm³/mol. The molecule has 3 aliphatic rings. The summed E-state index contributed by atoms with van der Waals surface area (Å²) >= 11 is 0. The number of aryl methyl sites for hydroxylation is 1. The highest BCUT2D eigenvalue weighted by Gasteiger charge is 2.51. The normalized spacial score (nSPS) is 14.2. The molecule has 0 saturated carbocycles. The van der Waals surface area contributed by atoms with Gasteiger partial charge in [-0.25, -0.2) is 24.9 Å². The second-order valence-corrected chi connectivity index (χ2v) is 37.1. The summed E-state index contributed by atoms with van der Waals surface area (Å²) in [7, 11) is 0. The topological polar surface area (TPSA) is 185 Å². The molecule has 0 fully saturated rings. The van der Waals surface area contributed by atoms with Crippen molar-refractivity contribution in [3.63, 3.8) is 0 Å². The second kappa shape index (κ2) is 35.5. The molecule has 684 valence electrons. The molecule has 0 N–H and O–H groups in total. The van der Waals surface area contributed by atoms with E-state index in [1.807, 2.05) is 122 Å². The lowest BCUT2D eigenvalue weighted by Gasteiger charge is -2.34. The van der Waals surface area contributed by atoms with E-state index in [-0.39, 0.29) is 0 Å². The van der Waals surface area contributed by atoms with Crippen LogP contribution in [0.25, 0.3) is 168 Å². The fraction of sp³-hybridized carbons (Fsp3) is 0.0376. The maximum atomic E-state index is 10.2. The minimum Gasteiger partial charge on any atom is -0.464 e. The molecule has 2 unspecified atom stereocenters. The molecule has 19 aromatic carbocycles. The first kappa shape index (κ1) is 86.5. The smallest absolute Gasteiger partial charge is 0.164 e. The number of para-hydroxylation sites is 5. The molecular formula is C133H84N10O3. The van der Waals surface area contributed by atoms with Gasteiger partial charge in [-0.05, 0) is 202 Å². The summed E-state index contributed by atoms with van der Waals surface area (Å²) in [5.41, 5.74) is 37.4. The summed E-state index contributed by atoms with van der Waals surface area (Å²) in [5, 5.41) is 32.4. The van der Waals surface area contributed by atoms with E-state index in [0.29, 0.717) is 39.7 Å². The maximum Gasteiger partial charge on any atom is 0.164 e. The Labute approximate surface area is 841 Å². The predicted octanol–water partition coefficient (Wildman–Crippen LogP) is 31.4. The number of imidazole rings is 2. The Morgan fingerprint density at radius 2 is 0.610 bits per heavy atom. The van der Waals surface area contributed by atoms with Crippen LogP contribution in [0.3, 0.4) is 0 Å². The van der Waals surface area contributed by atoms with Crippen molar-refractivity contribution < 1.29 is 13.3 Å². The largest absolute Gasteiger partial charge is 0.464 e. The highest BCUT2D eigenvalue weighted by Crippen LogP contribution is 2.63. The lowest BCUT2D eigenvalue weighted by atomic mass is 9.67. The zero-order chi connectivity index (χ0) is 97.6. The van der Waals surface area contributed by atoms with Gasteiger partial charge in [0.25, 0.3) is 0 Å². The molecule has 0 spiro atoms. The van der Waals surface area contributed by atoms with Gasteiger partial charge in [0.1, 0.15) is 53.1 Å². The summed E-state index contributed by atoms with van der Waals surface area (Å²) < 4.78 is 22.5. The number of fused-ring (bicyclic) bond motifs is 17. The number of hydrogen-bond donors (Lipinski definition) is 0. The Hall–Kier alpha value is -19.8. The van der Waals surface area contributed by atoms with E-state index in [4.69, 9.17) is 38.2 Å². The van der Waals surface area contributed by atoms with Crippen LogP contribution in [-0.4, -0.2) is 34.1 Å². The highest BCUT2D eigenvalue weighted by molar-refractivity contribution is 6.11. The van der Waals surface area contributed by atoms with Crippen LogP contribution in [0.2, 0.25) is 0 Å². The molecule has 6 aromatic heterocycles. The summed E-state index contributed by atoms with van der Waals surface area (Å²) in [6.07, 6.45) is 5.84. The summed E-state index contributed by atoms with van der Waals surface area (Å²) in [5.74, 6) is 3.82. The molecule has 2 atom stereocenters. The minimum atomic E-state index is -0.631. The van der Waals surface area contributed by atoms with Crippen LogP contribution >= 0.6 is 0 Å². The Morgan fingerprint density at radius 1 is 0.253 bits per heavy atom. The van der Waals surface area contributed by atoms with Gasteiger partial charge in [0.2, 0.25) is 0 Å². The molecule has 13 heteroatoms. The Kier molecular flexibility index (Phi) is 21.1. The van der Waals surface area contributed by atoms with Crippen LogP contribution < -0.4 is 0 Å². The van der Waals surface area contributed by atoms with Gasteiger partial charge in [0, 0.05) is 61.8 Å². The van der Waals surface area contributed by atoms with E-state index >= 15 is 0 Å². The number of benzene rings is 19. The monoisotopic (exact) mass is 1870 g/mol. The zero-order valence-corrected chi connectivity index (χ0v) is 79.0. The fourth-order valence-corrected chi connectivity index (χ4v) is 23.3. The van der Waals surface area contributed by atoms with Crippen LogP contribution in [0.15, 0.2) is 493 Å². The highest BCUT2D eigenvalue weighted by atomic mass is 16.3. The molecule has 0 saturated heterocycles. The van der Waals surface area contributed by atoms with Crippen LogP contribution in [0, 0.1) is 34.0 Å². The molecule has 28 rings (SSSR count). The molecule has 0 aliphatic heterocycles. The molecule has 6 heterocycles. The van der Waals surface area contributed by atoms with Crippen LogP contribution in [-0.2, 0) is 22.7 Å². The van der Waals surface area contributed by atoms with Crippen molar-refractivity contribution in [2.75, 3.05) is 0 Å². The average Bonchev–Trinajstić information content (AvgIpc) is 1.53. The lowest BCUT2D eigenvalue weighted by molar-refractivity contribution is 0.614. The van der Waals surface area contributed by atoms with Gasteiger partial charge in [-0.15, -0.1) is 0 Å². The molecule has 0 amide bonds. The number of rotatable bonds is 15. The van der Waals surface area contributed by atoms with Crippen molar-refractivity contribution in [2.24, 2.45) is 0 Å². The number of aromatic nitrogens is 7. The van der Waals surface area contributed by atoms with Gasteiger partial charge in [-0.1, -0.05) is 383 Å². The summed E-state index contributed by atoms with van der Waals surface area (Å²) in [6.45, 7) is 2.15. The first-order chi connectivity index (χ1) is 72.2. The average molecular weight is 1870 g/mol. The third-order valence-electron chi connectivity index (χ3n) is 29.6. The minimum absolute atomic E-state index is 0.536. The van der Waals surface area contributed by atoms with Gasteiger partial charge >= 0.3 is 0 Å². The van der Waals surface area contributed by atoms with E-state index < -0.39 is 16.2 Å². The van der Waals surface area contributed by atoms with Gasteiger partial charge < -0.3 is 13.3 Å². The number of nitriles is 3. The summed E-state index contributed by atoms with van der Waals surface area (Å²) in [4.78, 5) is 24.8. The molecule has 0 bridgehead atoms. The standard InChI is InChI=1S/C49H30N4O.C47H29N3O.C37H25N3O/c50-30-37-31-54-43-28-27-41-45(44(37)43)40-26-25-36(29-42(40)49(41,38-17-9-3-10-18-38)39-19-11-4-12-20-39)32-21-23-35(24-22-32)48-52-46(33-13-5-1-6-14-33)51-47(53-48)34-15-7-2-8-16-34;48-29-31-19-21-32(22-20-31)38-30-51-43-28-27-40-44(45(38)43)37-15-7-8-16-39(37)47(40,34-11-3-1-4-12-34)35-25-23-33(24-26-35)46-49-41-17-9-10-18-42(41)50(46)36-13-5-2-6-14-36;1-2-34-39-31-14-8-9-15-32(31)40(34)27-18-16-26(17-19-27)37(25-10-4-3-5-11-25)29-13-7-6-12-28(29)36-30(37)20-21-33-35(36)24(22-38)23-41-33/h1-29,31H;1-28,30H;3-21,23H,2H2,1H3. The Bertz CT molecular complexity index is 9440. The van der Waals surface area contributed by atoms with Crippen molar-refractivity contribution in [1.29, 1.82) is 15.8 Å². The van der Waals surface area contributed by atoms with Crippen molar-refractivity contribution in [2.45, 2.75) is 29.6 Å². The quantitative estimate of drug-likeness (QED) is 0.0951. The van der Waals surface area contributed by atoms with E-state index in [2.05, 4.69) is 380 Å². The Morgan fingerprint density at radius 3 is 1.09 bits per heavy atom. The summed E-state index contributed by atoms with van der Waals surface area (Å²) in [6, 6.07) is 168. The third kappa shape index (κ3) is 13.7. The van der Waals surface area contributed by atoms with Crippen molar-refractivity contribution in [1.82, 2.24) is 34.1 Å². The fourth-order valence-electron chi connectivity index (χ4n) is 23.3. The third-order valence-corrected chi connectivity index (χ3v) is 29.6. The zero-order valence-electron chi connectivity index (χ0n) is 79.0. The molecule has 25 aromatic rings. The van der Waals surface area contributed by atoms with Gasteiger partial charge in [-0.3, -0.25) is 9.13 Å². The SMILES string of the molecule is CCc1nc2ccccc2n1-c1ccc(C2(c3ccccc3)c3ccccc3-c3c2ccc2occ(C#N)c32)cc1.N#Cc1ccc(-c2coc3ccc4c(c23)-c2ccccc2C4(c2ccccc2)c2ccc(-c3nc4ccccc4n3-c3ccccc3)cc2)cc1.N#Cc1coc2ccc3c(c12)-c1ccc(-c2ccc(-c4nc(-c5ccccc5)nc(-c5ccccc5)n4)cc2)cc1C3(c1ccccc1)c1ccccc1. The van der Waals surface area contributed by atoms with Crippen LogP contribution in [0.4, 0.5) is 0 Å². The molecule has 146 heavy (non-hydrogen) atoms. The van der Waals surface area contributed by atoms with Crippen molar-refractivity contribution >= 4 is 55.0 Å². The number of nitrogens with zero attached hydrogens (tertiary/aromatic N) is 10. The van der Waals surface area contributed by atoms with Crippen LogP contribution in [0.1, 0.15) is 96.2 Å². The lowest BCUT2D eigenvalue weighted by Crippen LogP contribution is -2.28. The van der Waals surface area contributed by atoms with E-state index in [9.17, 15) is 15.8 Å². The van der Waals surface area contributed by atoms with E-state index in [0.717, 1.165) is 173 Å². The van der Waals surface area contributed by atoms with Crippen molar-refractivity contribution in [3.05, 3.63) is 569 Å².